The van der Waals surface area contributed by atoms with E-state index in [0.717, 1.165) is 12.1 Å². The van der Waals surface area contributed by atoms with Crippen LogP contribution in [0.1, 0.15) is 42.8 Å². The van der Waals surface area contributed by atoms with Crippen LogP contribution in [-0.2, 0) is 12.6 Å². The van der Waals surface area contributed by atoms with Gasteiger partial charge in [-0.3, -0.25) is 4.68 Å². The highest BCUT2D eigenvalue weighted by Gasteiger charge is 2.30. The zero-order chi connectivity index (χ0) is 15.6. The standard InChI is InChI=1S/C15H17F3N2O/c1-10(2)20-7-6-13(19-20)9-14(21)11-4-3-5-12(8-11)15(16,17)18/h3-8,10,14,21H,9H2,1-2H3. The van der Waals surface area contributed by atoms with Crippen molar-refractivity contribution in [2.45, 2.75) is 38.6 Å². The Morgan fingerprint density at radius 2 is 1.95 bits per heavy atom. The summed E-state index contributed by atoms with van der Waals surface area (Å²) in [4.78, 5) is 0. The summed E-state index contributed by atoms with van der Waals surface area (Å²) in [5.41, 5.74) is 0.129. The van der Waals surface area contributed by atoms with Gasteiger partial charge in [-0.25, -0.2) is 0 Å². The monoisotopic (exact) mass is 298 g/mol. The summed E-state index contributed by atoms with van der Waals surface area (Å²) < 4.78 is 39.7. The Hall–Kier alpha value is -1.82. The normalized spacial score (nSPS) is 13.7. The fourth-order valence-electron chi connectivity index (χ4n) is 2.01. The average molecular weight is 298 g/mol. The van der Waals surface area contributed by atoms with Crippen LogP contribution >= 0.6 is 0 Å². The van der Waals surface area contributed by atoms with Crippen molar-refractivity contribution in [3.8, 4) is 0 Å². The van der Waals surface area contributed by atoms with Gasteiger partial charge in [0.2, 0.25) is 0 Å². The third kappa shape index (κ3) is 3.85. The second-order valence-electron chi connectivity index (χ2n) is 5.22. The lowest BCUT2D eigenvalue weighted by molar-refractivity contribution is -0.137. The van der Waals surface area contributed by atoms with Gasteiger partial charge in [0.1, 0.15) is 0 Å². The van der Waals surface area contributed by atoms with Gasteiger partial charge in [0.25, 0.3) is 0 Å². The van der Waals surface area contributed by atoms with Crippen molar-refractivity contribution in [3.05, 3.63) is 53.3 Å². The zero-order valence-electron chi connectivity index (χ0n) is 11.8. The molecule has 6 heteroatoms. The smallest absolute Gasteiger partial charge is 0.388 e. The lowest BCUT2D eigenvalue weighted by Crippen LogP contribution is -2.08. The van der Waals surface area contributed by atoms with Gasteiger partial charge < -0.3 is 5.11 Å². The second-order valence-corrected chi connectivity index (χ2v) is 5.22. The molecule has 0 spiro atoms. The minimum atomic E-state index is -4.41. The first-order chi connectivity index (χ1) is 9.77. The largest absolute Gasteiger partial charge is 0.416 e. The number of alkyl halides is 3. The maximum atomic E-state index is 12.7. The molecular formula is C15H17F3N2O. The molecule has 1 N–H and O–H groups in total. The molecule has 0 saturated carbocycles. The van der Waals surface area contributed by atoms with Crippen molar-refractivity contribution >= 4 is 0 Å². The van der Waals surface area contributed by atoms with Crippen LogP contribution < -0.4 is 0 Å². The summed E-state index contributed by atoms with van der Waals surface area (Å²) in [5.74, 6) is 0. The molecule has 0 bridgehead atoms. The van der Waals surface area contributed by atoms with Crippen LogP contribution in [0.4, 0.5) is 13.2 Å². The van der Waals surface area contributed by atoms with E-state index in [4.69, 9.17) is 0 Å². The van der Waals surface area contributed by atoms with Crippen LogP contribution in [0.5, 0.6) is 0 Å². The van der Waals surface area contributed by atoms with Crippen molar-refractivity contribution in [1.82, 2.24) is 9.78 Å². The van der Waals surface area contributed by atoms with Gasteiger partial charge in [-0.15, -0.1) is 0 Å². The molecule has 0 radical (unpaired) electrons. The fourth-order valence-corrected chi connectivity index (χ4v) is 2.01. The van der Waals surface area contributed by atoms with Crippen LogP contribution in [0.15, 0.2) is 36.5 Å². The molecule has 114 valence electrons. The van der Waals surface area contributed by atoms with E-state index in [-0.39, 0.29) is 18.0 Å². The summed E-state index contributed by atoms with van der Waals surface area (Å²) in [5, 5.41) is 14.4. The van der Waals surface area contributed by atoms with E-state index >= 15 is 0 Å². The van der Waals surface area contributed by atoms with E-state index in [1.165, 1.54) is 12.1 Å². The molecule has 1 aromatic heterocycles. The number of hydrogen-bond acceptors (Lipinski definition) is 2. The van der Waals surface area contributed by atoms with Gasteiger partial charge in [-0.05, 0) is 37.6 Å². The van der Waals surface area contributed by atoms with E-state index in [0.29, 0.717) is 5.69 Å². The predicted molar refractivity (Wildman–Crippen MR) is 72.7 cm³/mol. The fraction of sp³-hybridized carbons (Fsp3) is 0.400. The van der Waals surface area contributed by atoms with Gasteiger partial charge in [0.05, 0.1) is 17.4 Å². The van der Waals surface area contributed by atoms with Gasteiger partial charge in [0, 0.05) is 18.7 Å². The molecule has 0 aliphatic rings. The lowest BCUT2D eigenvalue weighted by Gasteiger charge is -2.13. The first kappa shape index (κ1) is 15.6. The van der Waals surface area contributed by atoms with Gasteiger partial charge >= 0.3 is 6.18 Å². The van der Waals surface area contributed by atoms with Crippen LogP contribution in [0.25, 0.3) is 0 Å². The number of rotatable bonds is 4. The Kier molecular flexibility index (Phi) is 4.37. The molecule has 3 nitrogen and oxygen atoms in total. The van der Waals surface area contributed by atoms with Crippen molar-refractivity contribution in [1.29, 1.82) is 0 Å². The van der Waals surface area contributed by atoms with E-state index in [9.17, 15) is 18.3 Å². The minimum absolute atomic E-state index is 0.182. The number of benzene rings is 1. The summed E-state index contributed by atoms with van der Waals surface area (Å²) >= 11 is 0. The topological polar surface area (TPSA) is 38.0 Å². The Morgan fingerprint density at radius 3 is 2.52 bits per heavy atom. The van der Waals surface area contributed by atoms with Crippen LogP contribution in [0.3, 0.4) is 0 Å². The number of aliphatic hydroxyl groups excluding tert-OH is 1. The lowest BCUT2D eigenvalue weighted by atomic mass is 10.0. The molecule has 1 aromatic carbocycles. The number of hydrogen-bond donors (Lipinski definition) is 1. The van der Waals surface area contributed by atoms with E-state index in [1.807, 2.05) is 13.8 Å². The molecule has 0 saturated heterocycles. The number of aliphatic hydroxyl groups is 1. The maximum absolute atomic E-state index is 12.7. The molecule has 0 fully saturated rings. The Labute approximate surface area is 121 Å². The minimum Gasteiger partial charge on any atom is -0.388 e. The highest BCUT2D eigenvalue weighted by molar-refractivity contribution is 5.27. The third-order valence-electron chi connectivity index (χ3n) is 3.19. The first-order valence-electron chi connectivity index (χ1n) is 6.66. The predicted octanol–water partition coefficient (Wildman–Crippen LogP) is 3.76. The summed E-state index contributed by atoms with van der Waals surface area (Å²) in [7, 11) is 0. The summed E-state index contributed by atoms with van der Waals surface area (Å²) in [6, 6.07) is 6.71. The van der Waals surface area contributed by atoms with Crippen LogP contribution in [0, 0.1) is 0 Å². The summed E-state index contributed by atoms with van der Waals surface area (Å²) in [6.45, 7) is 3.94. The highest BCUT2D eigenvalue weighted by Crippen LogP contribution is 2.31. The van der Waals surface area contributed by atoms with Crippen LogP contribution in [0.2, 0.25) is 0 Å². The van der Waals surface area contributed by atoms with Crippen molar-refractivity contribution < 1.29 is 18.3 Å². The molecule has 0 aliphatic heterocycles. The van der Waals surface area contributed by atoms with Crippen molar-refractivity contribution in [2.24, 2.45) is 0 Å². The SMILES string of the molecule is CC(C)n1ccc(CC(O)c2cccc(C(F)(F)F)c2)n1. The van der Waals surface area contributed by atoms with Crippen LogP contribution in [-0.4, -0.2) is 14.9 Å². The average Bonchev–Trinajstić information content (AvgIpc) is 2.86. The Morgan fingerprint density at radius 1 is 1.24 bits per heavy atom. The highest BCUT2D eigenvalue weighted by atomic mass is 19.4. The molecule has 2 aromatic rings. The Bertz CT molecular complexity index is 605. The number of halogens is 3. The van der Waals surface area contributed by atoms with Gasteiger partial charge in [0.15, 0.2) is 0 Å². The Balaban J connectivity index is 2.14. The second kappa shape index (κ2) is 5.89. The number of nitrogens with zero attached hydrogens (tertiary/aromatic N) is 2. The molecule has 2 rings (SSSR count). The zero-order valence-corrected chi connectivity index (χ0v) is 11.8. The molecule has 1 heterocycles. The molecule has 1 unspecified atom stereocenters. The molecule has 21 heavy (non-hydrogen) atoms. The molecule has 0 aliphatic carbocycles. The molecular weight excluding hydrogens is 281 g/mol. The molecule has 1 atom stereocenters. The summed E-state index contributed by atoms with van der Waals surface area (Å²) in [6.07, 6.45) is -3.45. The first-order valence-corrected chi connectivity index (χ1v) is 6.66. The van der Waals surface area contributed by atoms with E-state index in [1.54, 1.807) is 16.9 Å². The number of aromatic nitrogens is 2. The van der Waals surface area contributed by atoms with E-state index < -0.39 is 17.8 Å². The van der Waals surface area contributed by atoms with Gasteiger partial charge in [-0.2, -0.15) is 18.3 Å². The maximum Gasteiger partial charge on any atom is 0.416 e. The van der Waals surface area contributed by atoms with E-state index in [2.05, 4.69) is 5.10 Å². The molecule has 0 amide bonds. The quantitative estimate of drug-likeness (QED) is 0.933. The van der Waals surface area contributed by atoms with Gasteiger partial charge in [-0.1, -0.05) is 12.1 Å². The van der Waals surface area contributed by atoms with Crippen molar-refractivity contribution in [3.63, 3.8) is 0 Å². The third-order valence-corrected chi connectivity index (χ3v) is 3.19. The van der Waals surface area contributed by atoms with Crippen molar-refractivity contribution in [2.75, 3.05) is 0 Å².